The molecule has 0 atom stereocenters. The fraction of sp³-hybridized carbons (Fsp3) is 1.00. The van der Waals surface area contributed by atoms with Crippen molar-refractivity contribution in [1.29, 1.82) is 0 Å². The first kappa shape index (κ1) is 9.58. The third kappa shape index (κ3) is 2.09. The zero-order valence-electron chi connectivity index (χ0n) is 8.72. The van der Waals surface area contributed by atoms with E-state index in [0.717, 1.165) is 18.8 Å². The van der Waals surface area contributed by atoms with Crippen LogP contribution < -0.4 is 0 Å². The largest absolute Gasteiger partial charge is 0.384 e. The summed E-state index contributed by atoms with van der Waals surface area (Å²) in [5.74, 6) is 0.874. The topological polar surface area (TPSA) is 9.23 Å². The molecule has 2 aliphatic heterocycles. The van der Waals surface area contributed by atoms with E-state index in [1.54, 1.807) is 0 Å². The molecule has 2 saturated heterocycles. The van der Waals surface area contributed by atoms with E-state index in [2.05, 4.69) is 14.2 Å². The summed E-state index contributed by atoms with van der Waals surface area (Å²) in [6, 6.07) is 0. The van der Waals surface area contributed by atoms with E-state index in [0.29, 0.717) is 0 Å². The molecule has 0 aliphatic carbocycles. The van der Waals surface area contributed by atoms with Crippen LogP contribution >= 0.6 is 0 Å². The lowest BCUT2D eigenvalue weighted by Crippen LogP contribution is -2.47. The second-order valence-electron chi connectivity index (χ2n) is 4.62. The quantitative estimate of drug-likeness (QED) is 0.605. The van der Waals surface area contributed by atoms with Crippen LogP contribution in [0.4, 0.5) is 0 Å². The van der Waals surface area contributed by atoms with Gasteiger partial charge < -0.3 is 4.74 Å². The maximum atomic E-state index is 6.04. The van der Waals surface area contributed by atoms with E-state index in [-0.39, 0.29) is 5.50 Å². The van der Waals surface area contributed by atoms with E-state index in [9.17, 15) is 0 Å². The van der Waals surface area contributed by atoms with Crippen LogP contribution in [0, 0.1) is 0 Å². The molecule has 0 saturated carbocycles. The molecule has 1 radical (unpaired) electrons. The molecule has 0 N–H and O–H groups in total. The second kappa shape index (κ2) is 4.04. The first-order valence-electron chi connectivity index (χ1n) is 5.85. The van der Waals surface area contributed by atoms with Gasteiger partial charge in [-0.15, -0.1) is 0 Å². The molecule has 2 aliphatic rings. The maximum Gasteiger partial charge on any atom is 0.157 e. The van der Waals surface area contributed by atoms with Crippen molar-refractivity contribution in [2.75, 3.05) is 6.61 Å². The lowest BCUT2D eigenvalue weighted by molar-refractivity contribution is -0.0120. The van der Waals surface area contributed by atoms with Crippen LogP contribution in [0.25, 0.3) is 0 Å². The Hall–Kier alpha value is 0.0249. The van der Waals surface area contributed by atoms with Crippen LogP contribution in [0.15, 0.2) is 0 Å². The Morgan fingerprint density at radius 2 is 2.00 bits per heavy atom. The summed E-state index contributed by atoms with van der Waals surface area (Å²) in [7, 11) is 2.52. The number of ether oxygens (including phenoxy) is 1. The number of fused-ring (bicyclic) bond motifs is 2. The first-order chi connectivity index (χ1) is 6.35. The second-order valence-corrected chi connectivity index (χ2v) is 4.62. The molecular weight excluding hydrogens is 159 g/mol. The van der Waals surface area contributed by atoms with Gasteiger partial charge >= 0.3 is 0 Å². The normalized spacial score (nSPS) is 38.4. The highest BCUT2D eigenvalue weighted by molar-refractivity contribution is 6.42. The Balaban J connectivity index is 1.93. The summed E-state index contributed by atoms with van der Waals surface area (Å²) < 4.78 is 6.04. The summed E-state index contributed by atoms with van der Waals surface area (Å²) in [6.45, 7) is 3.14. The summed E-state index contributed by atoms with van der Waals surface area (Å²) in [5, 5.41) is 0. The molecule has 0 amide bonds. The molecule has 2 heterocycles. The van der Waals surface area contributed by atoms with Crippen molar-refractivity contribution < 1.29 is 4.74 Å². The SMILES string of the molecule is CCCOC12[B]C(CCC1)CCC2. The van der Waals surface area contributed by atoms with Gasteiger partial charge in [-0.2, -0.15) is 0 Å². The average molecular weight is 179 g/mol. The summed E-state index contributed by atoms with van der Waals surface area (Å²) in [5.41, 5.74) is 0.206. The summed E-state index contributed by atoms with van der Waals surface area (Å²) in [4.78, 5) is 0. The number of hydrogen-bond donors (Lipinski definition) is 0. The molecule has 2 fully saturated rings. The Bertz CT molecular complexity index is 159. The van der Waals surface area contributed by atoms with Gasteiger partial charge in [-0.25, -0.2) is 0 Å². The van der Waals surface area contributed by atoms with Gasteiger partial charge in [-0.05, 0) is 19.3 Å². The molecule has 1 nitrogen and oxygen atoms in total. The highest BCUT2D eigenvalue weighted by Gasteiger charge is 2.40. The minimum Gasteiger partial charge on any atom is -0.384 e. The minimum absolute atomic E-state index is 0.206. The van der Waals surface area contributed by atoms with Gasteiger partial charge in [0.2, 0.25) is 0 Å². The van der Waals surface area contributed by atoms with E-state index in [1.165, 1.54) is 38.5 Å². The van der Waals surface area contributed by atoms with Crippen molar-refractivity contribution in [2.45, 2.75) is 63.2 Å². The van der Waals surface area contributed by atoms with Crippen molar-refractivity contribution in [3.8, 4) is 0 Å². The Labute approximate surface area is 82.5 Å². The van der Waals surface area contributed by atoms with Crippen LogP contribution in [-0.2, 0) is 4.74 Å². The lowest BCUT2D eigenvalue weighted by atomic mass is 9.41. The lowest BCUT2D eigenvalue weighted by Gasteiger charge is -2.44. The van der Waals surface area contributed by atoms with Crippen molar-refractivity contribution in [1.82, 2.24) is 0 Å². The average Bonchev–Trinajstić information content (AvgIpc) is 2.15. The van der Waals surface area contributed by atoms with Crippen molar-refractivity contribution >= 4 is 7.28 Å². The fourth-order valence-electron chi connectivity index (χ4n) is 2.86. The van der Waals surface area contributed by atoms with Crippen molar-refractivity contribution in [3.63, 3.8) is 0 Å². The highest BCUT2D eigenvalue weighted by Crippen LogP contribution is 2.42. The Morgan fingerprint density at radius 1 is 1.31 bits per heavy atom. The van der Waals surface area contributed by atoms with Crippen LogP contribution in [0.2, 0.25) is 5.82 Å². The van der Waals surface area contributed by atoms with E-state index < -0.39 is 0 Å². The molecule has 0 aromatic carbocycles. The molecule has 2 heteroatoms. The molecule has 0 unspecified atom stereocenters. The van der Waals surface area contributed by atoms with Gasteiger partial charge in [0, 0.05) is 12.1 Å². The minimum atomic E-state index is 0.206. The molecular formula is C11H20BO. The van der Waals surface area contributed by atoms with Crippen molar-refractivity contribution in [2.24, 2.45) is 0 Å². The summed E-state index contributed by atoms with van der Waals surface area (Å²) >= 11 is 0. The zero-order valence-corrected chi connectivity index (χ0v) is 8.72. The molecule has 13 heavy (non-hydrogen) atoms. The standard InChI is InChI=1S/C11H20BO/c1-2-9-13-11-7-3-5-10(12-11)6-4-8-11/h10H,2-9H2,1H3. The number of rotatable bonds is 3. The van der Waals surface area contributed by atoms with Gasteiger partial charge in [-0.3, -0.25) is 0 Å². The van der Waals surface area contributed by atoms with Crippen molar-refractivity contribution in [3.05, 3.63) is 0 Å². The van der Waals surface area contributed by atoms with E-state index in [1.807, 2.05) is 0 Å². The molecule has 0 aromatic rings. The third-order valence-corrected chi connectivity index (χ3v) is 3.48. The highest BCUT2D eigenvalue weighted by atomic mass is 16.5. The van der Waals surface area contributed by atoms with Crippen LogP contribution in [0.5, 0.6) is 0 Å². The smallest absolute Gasteiger partial charge is 0.157 e. The first-order valence-corrected chi connectivity index (χ1v) is 5.85. The molecule has 2 bridgehead atoms. The predicted molar refractivity (Wildman–Crippen MR) is 56.2 cm³/mol. The van der Waals surface area contributed by atoms with Gasteiger partial charge in [0.1, 0.15) is 0 Å². The Morgan fingerprint density at radius 3 is 2.62 bits per heavy atom. The zero-order chi connectivity index (χ0) is 9.15. The van der Waals surface area contributed by atoms with Crippen LogP contribution in [0.1, 0.15) is 51.9 Å². The molecule has 73 valence electrons. The number of hydrogen-bond acceptors (Lipinski definition) is 1. The monoisotopic (exact) mass is 179 g/mol. The molecule has 2 rings (SSSR count). The third-order valence-electron chi connectivity index (χ3n) is 3.48. The van der Waals surface area contributed by atoms with Crippen LogP contribution in [0.3, 0.4) is 0 Å². The van der Waals surface area contributed by atoms with Gasteiger partial charge in [-0.1, -0.05) is 38.4 Å². The van der Waals surface area contributed by atoms with E-state index >= 15 is 0 Å². The maximum absolute atomic E-state index is 6.04. The van der Waals surface area contributed by atoms with Gasteiger partial charge in [0.15, 0.2) is 7.28 Å². The molecule has 0 spiro atoms. The fourth-order valence-corrected chi connectivity index (χ4v) is 2.86. The van der Waals surface area contributed by atoms with Gasteiger partial charge in [0.05, 0.1) is 0 Å². The predicted octanol–water partition coefficient (Wildman–Crippen LogP) is 2.97. The van der Waals surface area contributed by atoms with Crippen LogP contribution in [-0.4, -0.2) is 19.4 Å². The Kier molecular flexibility index (Phi) is 2.97. The van der Waals surface area contributed by atoms with E-state index in [4.69, 9.17) is 4.74 Å². The van der Waals surface area contributed by atoms with Gasteiger partial charge in [0.25, 0.3) is 0 Å². The summed E-state index contributed by atoms with van der Waals surface area (Å²) in [6.07, 6.45) is 9.30. The molecule has 0 aromatic heterocycles.